The molecular weight excluding hydrogens is 232 g/mol. The lowest BCUT2D eigenvalue weighted by Gasteiger charge is -2.32. The van der Waals surface area contributed by atoms with Crippen molar-refractivity contribution in [2.45, 2.75) is 31.9 Å². The predicted molar refractivity (Wildman–Crippen MR) is 67.1 cm³/mol. The molecule has 0 aromatic carbocycles. The van der Waals surface area contributed by atoms with Crippen LogP contribution in [0.15, 0.2) is 12.4 Å². The zero-order chi connectivity index (χ0) is 13.3. The summed E-state index contributed by atoms with van der Waals surface area (Å²) in [6.45, 7) is 6.38. The van der Waals surface area contributed by atoms with E-state index in [0.717, 1.165) is 19.5 Å². The van der Waals surface area contributed by atoms with E-state index in [1.54, 1.807) is 17.0 Å². The molecule has 18 heavy (non-hydrogen) atoms. The van der Waals surface area contributed by atoms with Crippen molar-refractivity contribution >= 4 is 5.91 Å². The summed E-state index contributed by atoms with van der Waals surface area (Å²) in [4.78, 5) is 17.5. The molecule has 6 heteroatoms. The van der Waals surface area contributed by atoms with Crippen LogP contribution in [0.1, 0.15) is 30.9 Å². The van der Waals surface area contributed by atoms with Gasteiger partial charge in [-0.3, -0.25) is 9.69 Å². The lowest BCUT2D eigenvalue weighted by Crippen LogP contribution is -2.42. The van der Waals surface area contributed by atoms with E-state index in [9.17, 15) is 9.90 Å². The quantitative estimate of drug-likeness (QED) is 0.776. The number of β-amino-alcohol motifs (C(OH)–C–C–N with tert-alkyl or cyclic N) is 1. The average Bonchev–Trinajstić information content (AvgIpc) is 2.86. The van der Waals surface area contributed by atoms with E-state index in [-0.39, 0.29) is 17.5 Å². The Morgan fingerprint density at radius 2 is 2.39 bits per heavy atom. The predicted octanol–water partition coefficient (Wildman–Crippen LogP) is -0.216. The summed E-state index contributed by atoms with van der Waals surface area (Å²) in [5.41, 5.74) is 5.02. The number of nitrogens with two attached hydrogens (primary N) is 1. The Hall–Kier alpha value is -1.40. The number of imidazole rings is 1. The molecule has 1 fully saturated rings. The van der Waals surface area contributed by atoms with Gasteiger partial charge in [0.25, 0.3) is 5.91 Å². The standard InChI is InChI=1S/C12H20N4O2/c1-12(2,8-15-5-3-9(17)7-15)16-6-4-14-11(16)10(13)18/h4,6,9,17H,3,5,7-8H2,1-2H3,(H2,13,18). The van der Waals surface area contributed by atoms with Gasteiger partial charge in [0, 0.05) is 32.0 Å². The molecule has 1 aliphatic rings. The number of amides is 1. The van der Waals surface area contributed by atoms with Gasteiger partial charge in [0.05, 0.1) is 11.6 Å². The number of likely N-dealkylation sites (tertiary alicyclic amines) is 1. The van der Waals surface area contributed by atoms with Gasteiger partial charge in [-0.05, 0) is 20.3 Å². The summed E-state index contributed by atoms with van der Waals surface area (Å²) in [5, 5.41) is 9.53. The molecule has 1 aromatic rings. The van der Waals surface area contributed by atoms with Crippen LogP contribution in [0.25, 0.3) is 0 Å². The fourth-order valence-electron chi connectivity index (χ4n) is 2.55. The monoisotopic (exact) mass is 252 g/mol. The minimum atomic E-state index is -0.519. The third-order valence-electron chi connectivity index (χ3n) is 3.37. The number of rotatable bonds is 4. The Morgan fingerprint density at radius 1 is 1.67 bits per heavy atom. The molecule has 0 saturated carbocycles. The summed E-state index contributed by atoms with van der Waals surface area (Å²) >= 11 is 0. The minimum Gasteiger partial charge on any atom is -0.392 e. The van der Waals surface area contributed by atoms with Crippen LogP contribution < -0.4 is 5.73 Å². The van der Waals surface area contributed by atoms with E-state index in [0.29, 0.717) is 6.54 Å². The van der Waals surface area contributed by atoms with Gasteiger partial charge in [-0.1, -0.05) is 0 Å². The zero-order valence-electron chi connectivity index (χ0n) is 10.8. The van der Waals surface area contributed by atoms with Crippen LogP contribution >= 0.6 is 0 Å². The first kappa shape index (κ1) is 13.0. The first-order valence-corrected chi connectivity index (χ1v) is 6.14. The second-order valence-electron chi connectivity index (χ2n) is 5.48. The molecule has 1 aromatic heterocycles. The van der Waals surface area contributed by atoms with Gasteiger partial charge < -0.3 is 15.4 Å². The lowest BCUT2D eigenvalue weighted by atomic mass is 10.0. The van der Waals surface area contributed by atoms with Gasteiger partial charge in [-0.2, -0.15) is 0 Å². The molecule has 1 amide bonds. The van der Waals surface area contributed by atoms with Crippen LogP contribution in [0.4, 0.5) is 0 Å². The van der Waals surface area contributed by atoms with Crippen molar-refractivity contribution in [3.8, 4) is 0 Å². The smallest absolute Gasteiger partial charge is 0.284 e. The van der Waals surface area contributed by atoms with E-state index < -0.39 is 5.91 Å². The van der Waals surface area contributed by atoms with Crippen LogP contribution in [0, 0.1) is 0 Å². The summed E-state index contributed by atoms with van der Waals surface area (Å²) in [5.74, 6) is -0.241. The zero-order valence-corrected chi connectivity index (χ0v) is 10.8. The van der Waals surface area contributed by atoms with Crippen LogP contribution in [-0.4, -0.2) is 51.2 Å². The maximum Gasteiger partial charge on any atom is 0.284 e. The Labute approximate surface area is 106 Å². The van der Waals surface area contributed by atoms with Crippen LogP contribution in [0.3, 0.4) is 0 Å². The Kier molecular flexibility index (Phi) is 3.41. The highest BCUT2D eigenvalue weighted by atomic mass is 16.3. The van der Waals surface area contributed by atoms with Crippen LogP contribution in [0.2, 0.25) is 0 Å². The molecule has 1 unspecified atom stereocenters. The molecule has 1 atom stereocenters. The highest BCUT2D eigenvalue weighted by molar-refractivity contribution is 5.89. The molecule has 2 heterocycles. The van der Waals surface area contributed by atoms with Crippen molar-refractivity contribution in [2.75, 3.05) is 19.6 Å². The number of primary amides is 1. The molecule has 0 aliphatic carbocycles. The number of hydrogen-bond acceptors (Lipinski definition) is 4. The van der Waals surface area contributed by atoms with Crippen molar-refractivity contribution in [1.29, 1.82) is 0 Å². The van der Waals surface area contributed by atoms with E-state index in [1.807, 2.05) is 13.8 Å². The van der Waals surface area contributed by atoms with E-state index >= 15 is 0 Å². The van der Waals surface area contributed by atoms with E-state index in [2.05, 4.69) is 9.88 Å². The molecule has 3 N–H and O–H groups in total. The SMILES string of the molecule is CC(C)(CN1CCC(O)C1)n1ccnc1C(N)=O. The van der Waals surface area contributed by atoms with Crippen LogP contribution in [0.5, 0.6) is 0 Å². The number of nitrogens with zero attached hydrogens (tertiary/aromatic N) is 3. The molecule has 1 saturated heterocycles. The first-order valence-electron chi connectivity index (χ1n) is 6.14. The average molecular weight is 252 g/mol. The van der Waals surface area contributed by atoms with Gasteiger partial charge >= 0.3 is 0 Å². The number of hydrogen-bond donors (Lipinski definition) is 2. The number of aromatic nitrogens is 2. The van der Waals surface area contributed by atoms with Gasteiger partial charge in [-0.25, -0.2) is 4.98 Å². The van der Waals surface area contributed by atoms with Gasteiger partial charge in [0.15, 0.2) is 5.82 Å². The Morgan fingerprint density at radius 3 is 2.94 bits per heavy atom. The van der Waals surface area contributed by atoms with Crippen molar-refractivity contribution in [2.24, 2.45) is 5.73 Å². The second kappa shape index (κ2) is 4.70. The Balaban J connectivity index is 2.14. The molecule has 1 aliphatic heterocycles. The molecular formula is C12H20N4O2. The molecule has 2 rings (SSSR count). The lowest BCUT2D eigenvalue weighted by molar-refractivity contribution is 0.0971. The second-order valence-corrected chi connectivity index (χ2v) is 5.48. The Bertz CT molecular complexity index is 441. The maximum absolute atomic E-state index is 11.3. The van der Waals surface area contributed by atoms with Crippen molar-refractivity contribution in [3.63, 3.8) is 0 Å². The summed E-state index contributed by atoms with van der Waals surface area (Å²) in [6, 6.07) is 0. The summed E-state index contributed by atoms with van der Waals surface area (Å²) in [6.07, 6.45) is 3.93. The van der Waals surface area contributed by atoms with Crippen LogP contribution in [-0.2, 0) is 5.54 Å². The highest BCUT2D eigenvalue weighted by Gasteiger charge is 2.30. The fraction of sp³-hybridized carbons (Fsp3) is 0.667. The van der Waals surface area contributed by atoms with E-state index in [4.69, 9.17) is 5.73 Å². The number of carbonyl (C=O) groups is 1. The van der Waals surface area contributed by atoms with E-state index in [1.165, 1.54) is 0 Å². The molecule has 0 radical (unpaired) electrons. The molecule has 6 nitrogen and oxygen atoms in total. The van der Waals surface area contributed by atoms with Crippen molar-refractivity contribution in [1.82, 2.24) is 14.5 Å². The van der Waals surface area contributed by atoms with Gasteiger partial charge in [0.2, 0.25) is 0 Å². The van der Waals surface area contributed by atoms with Crippen molar-refractivity contribution in [3.05, 3.63) is 18.2 Å². The van der Waals surface area contributed by atoms with Gasteiger partial charge in [-0.15, -0.1) is 0 Å². The highest BCUT2D eigenvalue weighted by Crippen LogP contribution is 2.21. The molecule has 100 valence electrons. The normalized spacial score (nSPS) is 21.4. The summed E-state index contributed by atoms with van der Waals surface area (Å²) in [7, 11) is 0. The summed E-state index contributed by atoms with van der Waals surface area (Å²) < 4.78 is 1.81. The number of aliphatic hydroxyl groups is 1. The molecule has 0 bridgehead atoms. The maximum atomic E-state index is 11.3. The third-order valence-corrected chi connectivity index (χ3v) is 3.37. The third kappa shape index (κ3) is 2.54. The number of aliphatic hydroxyl groups excluding tert-OH is 1. The fourth-order valence-corrected chi connectivity index (χ4v) is 2.55. The van der Waals surface area contributed by atoms with Gasteiger partial charge in [0.1, 0.15) is 0 Å². The molecule has 0 spiro atoms. The number of carbonyl (C=O) groups excluding carboxylic acids is 1. The minimum absolute atomic E-state index is 0.237. The first-order chi connectivity index (χ1) is 8.40. The largest absolute Gasteiger partial charge is 0.392 e. The topological polar surface area (TPSA) is 84.4 Å². The van der Waals surface area contributed by atoms with Crippen molar-refractivity contribution < 1.29 is 9.90 Å².